The standard InChI is InChI=1S/C12H17N5S2/c1-7-10(6-13-9-4-5-9)11(17(3)16-7)19-12-15-14-8(2)18-12/h9,13H,4-6H2,1-3H3. The second-order valence-electron chi connectivity index (χ2n) is 4.84. The molecule has 1 aliphatic carbocycles. The molecule has 0 atom stereocenters. The predicted molar refractivity (Wildman–Crippen MR) is 76.6 cm³/mol. The van der Waals surface area contributed by atoms with E-state index in [1.54, 1.807) is 23.1 Å². The molecule has 0 saturated heterocycles. The quantitative estimate of drug-likeness (QED) is 0.917. The lowest BCUT2D eigenvalue weighted by Crippen LogP contribution is -2.16. The van der Waals surface area contributed by atoms with Gasteiger partial charge in [-0.15, -0.1) is 10.2 Å². The van der Waals surface area contributed by atoms with E-state index in [-0.39, 0.29) is 0 Å². The number of aryl methyl sites for hydroxylation is 3. The zero-order chi connectivity index (χ0) is 13.4. The van der Waals surface area contributed by atoms with Gasteiger partial charge < -0.3 is 5.32 Å². The lowest BCUT2D eigenvalue weighted by Gasteiger charge is -2.05. The summed E-state index contributed by atoms with van der Waals surface area (Å²) in [5.41, 5.74) is 2.38. The highest BCUT2D eigenvalue weighted by molar-refractivity contribution is 8.01. The molecular weight excluding hydrogens is 278 g/mol. The number of hydrogen-bond acceptors (Lipinski definition) is 6. The third-order valence-corrected chi connectivity index (χ3v) is 5.22. The van der Waals surface area contributed by atoms with Gasteiger partial charge in [0.05, 0.1) is 5.69 Å². The first kappa shape index (κ1) is 13.1. The van der Waals surface area contributed by atoms with E-state index in [0.29, 0.717) is 6.04 Å². The second kappa shape index (κ2) is 5.22. The topological polar surface area (TPSA) is 55.6 Å². The Labute approximate surface area is 120 Å². The maximum atomic E-state index is 4.52. The minimum Gasteiger partial charge on any atom is -0.310 e. The third-order valence-electron chi connectivity index (χ3n) is 3.13. The molecule has 1 aliphatic rings. The fourth-order valence-electron chi connectivity index (χ4n) is 1.95. The first-order valence-corrected chi connectivity index (χ1v) is 8.00. The third kappa shape index (κ3) is 2.98. The summed E-state index contributed by atoms with van der Waals surface area (Å²) >= 11 is 3.29. The molecule has 5 nitrogen and oxygen atoms in total. The van der Waals surface area contributed by atoms with E-state index in [2.05, 4.69) is 27.5 Å². The molecule has 7 heteroatoms. The van der Waals surface area contributed by atoms with Gasteiger partial charge in [-0.3, -0.25) is 4.68 Å². The summed E-state index contributed by atoms with van der Waals surface area (Å²) in [5.74, 6) is 0. The molecule has 0 bridgehead atoms. The summed E-state index contributed by atoms with van der Waals surface area (Å²) in [7, 11) is 1.99. The molecule has 0 unspecified atom stereocenters. The summed E-state index contributed by atoms with van der Waals surface area (Å²) in [4.78, 5) is 0. The van der Waals surface area contributed by atoms with Crippen molar-refractivity contribution in [1.82, 2.24) is 25.3 Å². The smallest absolute Gasteiger partial charge is 0.180 e. The van der Waals surface area contributed by atoms with Crippen molar-refractivity contribution in [1.29, 1.82) is 0 Å². The van der Waals surface area contributed by atoms with E-state index in [9.17, 15) is 0 Å². The van der Waals surface area contributed by atoms with Crippen molar-refractivity contribution >= 4 is 23.1 Å². The molecule has 0 aliphatic heterocycles. The highest BCUT2D eigenvalue weighted by atomic mass is 32.2. The van der Waals surface area contributed by atoms with Crippen LogP contribution in [-0.4, -0.2) is 26.0 Å². The maximum Gasteiger partial charge on any atom is 0.180 e. The SMILES string of the molecule is Cc1nnc(Sc2c(CNC3CC3)c(C)nn2C)s1. The van der Waals surface area contributed by atoms with Gasteiger partial charge in [0.2, 0.25) is 0 Å². The van der Waals surface area contributed by atoms with Crippen LogP contribution in [0, 0.1) is 13.8 Å². The number of hydrogen-bond donors (Lipinski definition) is 1. The molecular formula is C12H17N5S2. The molecule has 0 spiro atoms. The fraction of sp³-hybridized carbons (Fsp3) is 0.583. The van der Waals surface area contributed by atoms with Crippen molar-refractivity contribution in [3.8, 4) is 0 Å². The lowest BCUT2D eigenvalue weighted by atomic mass is 10.2. The first-order valence-electron chi connectivity index (χ1n) is 6.37. The van der Waals surface area contributed by atoms with Crippen molar-refractivity contribution in [3.05, 3.63) is 16.3 Å². The number of nitrogens with one attached hydrogen (secondary N) is 1. The Morgan fingerprint density at radius 2 is 2.16 bits per heavy atom. The zero-order valence-corrected chi connectivity index (χ0v) is 12.9. The van der Waals surface area contributed by atoms with Gasteiger partial charge in [0, 0.05) is 25.2 Å². The Kier molecular flexibility index (Phi) is 3.60. The van der Waals surface area contributed by atoms with E-state index >= 15 is 0 Å². The van der Waals surface area contributed by atoms with Crippen LogP contribution in [0.25, 0.3) is 0 Å². The molecule has 2 aromatic rings. The van der Waals surface area contributed by atoms with Crippen LogP contribution in [0.3, 0.4) is 0 Å². The van der Waals surface area contributed by atoms with E-state index in [4.69, 9.17) is 0 Å². The Hall–Kier alpha value is -0.920. The van der Waals surface area contributed by atoms with E-state index in [0.717, 1.165) is 21.6 Å². The Bertz CT molecular complexity index is 585. The van der Waals surface area contributed by atoms with Crippen LogP contribution in [0.4, 0.5) is 0 Å². The average molecular weight is 295 g/mol. The molecule has 1 saturated carbocycles. The summed E-state index contributed by atoms with van der Waals surface area (Å²) in [6.07, 6.45) is 2.61. The minimum absolute atomic E-state index is 0.709. The van der Waals surface area contributed by atoms with Crippen LogP contribution in [0.15, 0.2) is 9.37 Å². The Morgan fingerprint density at radius 1 is 1.37 bits per heavy atom. The Balaban J connectivity index is 1.81. The summed E-state index contributed by atoms with van der Waals surface area (Å²) in [5, 5.41) is 18.5. The summed E-state index contributed by atoms with van der Waals surface area (Å²) in [6.45, 7) is 4.94. The molecule has 102 valence electrons. The number of nitrogens with zero attached hydrogens (tertiary/aromatic N) is 4. The van der Waals surface area contributed by atoms with Crippen LogP contribution in [0.1, 0.15) is 29.1 Å². The van der Waals surface area contributed by atoms with Gasteiger partial charge in [0.25, 0.3) is 0 Å². The van der Waals surface area contributed by atoms with E-state index in [1.807, 2.05) is 18.7 Å². The molecule has 1 fully saturated rings. The zero-order valence-electron chi connectivity index (χ0n) is 11.3. The van der Waals surface area contributed by atoms with Crippen molar-refractivity contribution in [2.24, 2.45) is 7.05 Å². The normalized spacial score (nSPS) is 15.1. The summed E-state index contributed by atoms with van der Waals surface area (Å²) in [6, 6.07) is 0.709. The predicted octanol–water partition coefficient (Wildman–Crippen LogP) is 2.29. The molecule has 3 rings (SSSR count). The van der Waals surface area contributed by atoms with Crippen LogP contribution in [0.2, 0.25) is 0 Å². The van der Waals surface area contributed by atoms with Crippen molar-refractivity contribution < 1.29 is 0 Å². The average Bonchev–Trinajstić information content (AvgIpc) is 3.04. The molecule has 0 aromatic carbocycles. The van der Waals surface area contributed by atoms with Gasteiger partial charge in [-0.25, -0.2) is 0 Å². The van der Waals surface area contributed by atoms with Crippen molar-refractivity contribution in [3.63, 3.8) is 0 Å². The van der Waals surface area contributed by atoms with E-state index in [1.165, 1.54) is 23.4 Å². The molecule has 1 N–H and O–H groups in total. The lowest BCUT2D eigenvalue weighted by molar-refractivity contribution is 0.658. The molecule has 2 heterocycles. The first-order chi connectivity index (χ1) is 9.13. The Morgan fingerprint density at radius 3 is 2.79 bits per heavy atom. The highest BCUT2D eigenvalue weighted by Gasteiger charge is 2.23. The maximum absolute atomic E-state index is 4.52. The van der Waals surface area contributed by atoms with Crippen molar-refractivity contribution in [2.45, 2.75) is 48.6 Å². The molecule has 19 heavy (non-hydrogen) atoms. The van der Waals surface area contributed by atoms with Gasteiger partial charge in [0.15, 0.2) is 4.34 Å². The molecule has 2 aromatic heterocycles. The van der Waals surface area contributed by atoms with Gasteiger partial charge in [-0.2, -0.15) is 5.10 Å². The minimum atomic E-state index is 0.709. The fourth-order valence-corrected chi connectivity index (χ4v) is 3.89. The van der Waals surface area contributed by atoms with Crippen molar-refractivity contribution in [2.75, 3.05) is 0 Å². The van der Waals surface area contributed by atoms with Crippen LogP contribution >= 0.6 is 23.1 Å². The van der Waals surface area contributed by atoms with E-state index < -0.39 is 0 Å². The number of aromatic nitrogens is 4. The number of rotatable bonds is 5. The van der Waals surface area contributed by atoms with Crippen LogP contribution in [-0.2, 0) is 13.6 Å². The molecule has 0 radical (unpaired) electrons. The summed E-state index contributed by atoms with van der Waals surface area (Å²) < 4.78 is 2.92. The van der Waals surface area contributed by atoms with Gasteiger partial charge >= 0.3 is 0 Å². The van der Waals surface area contributed by atoms with Crippen LogP contribution < -0.4 is 5.32 Å². The largest absolute Gasteiger partial charge is 0.310 e. The van der Waals surface area contributed by atoms with Gasteiger partial charge in [-0.05, 0) is 38.5 Å². The van der Waals surface area contributed by atoms with Gasteiger partial charge in [-0.1, -0.05) is 11.3 Å². The van der Waals surface area contributed by atoms with Crippen LogP contribution in [0.5, 0.6) is 0 Å². The monoisotopic (exact) mass is 295 g/mol. The second-order valence-corrected chi connectivity index (χ2v) is 7.25. The highest BCUT2D eigenvalue weighted by Crippen LogP contribution is 2.33. The van der Waals surface area contributed by atoms with Gasteiger partial charge in [0.1, 0.15) is 10.0 Å². The molecule has 0 amide bonds.